The van der Waals surface area contributed by atoms with Gasteiger partial charge in [0.15, 0.2) is 12.1 Å². The van der Waals surface area contributed by atoms with Gasteiger partial charge in [-0.05, 0) is 70.6 Å². The Hall–Kier alpha value is -3.49. The number of rotatable bonds is 39. The van der Waals surface area contributed by atoms with Gasteiger partial charge in [0.2, 0.25) is 0 Å². The highest BCUT2D eigenvalue weighted by atomic mass is 16.6. The summed E-state index contributed by atoms with van der Waals surface area (Å²) in [5, 5.41) is 9.62. The smallest absolute Gasteiger partial charge is 0.362 e. The number of carboxylic acid groups (broad SMARTS) is 1. The van der Waals surface area contributed by atoms with Crippen molar-refractivity contribution in [1.82, 2.24) is 0 Å². The van der Waals surface area contributed by atoms with E-state index in [9.17, 15) is 19.5 Å². The van der Waals surface area contributed by atoms with Crippen molar-refractivity contribution in [2.24, 2.45) is 0 Å². The molecular weight excluding hydrogens is 727 g/mol. The summed E-state index contributed by atoms with van der Waals surface area (Å²) >= 11 is 0. The number of unbranched alkanes of at least 4 members (excludes halogenated alkanes) is 12. The average molecular weight is 811 g/mol. The summed E-state index contributed by atoms with van der Waals surface area (Å²) < 4.78 is 17.2. The van der Waals surface area contributed by atoms with Crippen molar-refractivity contribution >= 4 is 17.9 Å². The summed E-state index contributed by atoms with van der Waals surface area (Å²) in [6, 6.07) is -0.632. The Morgan fingerprint density at radius 2 is 1.05 bits per heavy atom. The lowest BCUT2D eigenvalue weighted by Crippen LogP contribution is -2.50. The molecule has 1 N–H and O–H groups in total. The van der Waals surface area contributed by atoms with E-state index in [2.05, 4.69) is 86.8 Å². The van der Waals surface area contributed by atoms with Gasteiger partial charge in [-0.2, -0.15) is 0 Å². The van der Waals surface area contributed by atoms with E-state index in [0.29, 0.717) is 19.3 Å². The number of ether oxygens (including phenoxy) is 3. The van der Waals surface area contributed by atoms with Crippen molar-refractivity contribution in [2.75, 3.05) is 41.0 Å². The molecule has 2 atom stereocenters. The zero-order valence-corrected chi connectivity index (χ0v) is 37.5. The number of esters is 2. The van der Waals surface area contributed by atoms with Crippen LogP contribution in [0.3, 0.4) is 0 Å². The second kappa shape index (κ2) is 40.3. The standard InChI is InChI=1S/C50H83NO7/c1-6-8-10-12-14-16-18-20-22-24-25-27-29-31-33-35-37-39-41-49(53)58-46(44-56-43-42-47(50(54)55)51(3,4)5)45-57-48(52)40-38-36-34-32-30-28-26-23-21-19-17-15-13-11-9-7-2/h9,11,15,17,21-25,27-28,30,34,36,46-47H,6-8,10,12-14,16,18-20,26,29,31-33,35,37-45H2,1-5H3/p+1/b11-9+,17-15+,23-21+,24-22+,27-25+,30-28+,36-34+. The molecule has 0 spiro atoms. The third-order valence-electron chi connectivity index (χ3n) is 9.57. The number of quaternary nitrogens is 1. The highest BCUT2D eigenvalue weighted by Crippen LogP contribution is 2.12. The van der Waals surface area contributed by atoms with Crippen molar-refractivity contribution in [3.8, 4) is 0 Å². The fourth-order valence-corrected chi connectivity index (χ4v) is 6.07. The molecule has 0 fully saturated rings. The van der Waals surface area contributed by atoms with Crippen LogP contribution in [-0.2, 0) is 28.6 Å². The van der Waals surface area contributed by atoms with Gasteiger partial charge >= 0.3 is 17.9 Å². The normalized spacial score (nSPS) is 13.7. The topological polar surface area (TPSA) is 99.1 Å². The molecule has 0 aliphatic rings. The van der Waals surface area contributed by atoms with Crippen LogP contribution >= 0.6 is 0 Å². The van der Waals surface area contributed by atoms with Gasteiger partial charge in [-0.3, -0.25) is 9.59 Å². The molecule has 0 saturated heterocycles. The Bertz CT molecular complexity index is 1220. The Labute approximate surface area is 354 Å². The highest BCUT2D eigenvalue weighted by molar-refractivity contribution is 5.72. The van der Waals surface area contributed by atoms with Crippen LogP contribution in [0.25, 0.3) is 0 Å². The minimum atomic E-state index is -0.890. The lowest BCUT2D eigenvalue weighted by Gasteiger charge is -2.31. The van der Waals surface area contributed by atoms with Crippen LogP contribution in [0.2, 0.25) is 0 Å². The van der Waals surface area contributed by atoms with E-state index in [4.69, 9.17) is 14.2 Å². The number of carbonyl (C=O) groups is 3. The molecule has 8 nitrogen and oxygen atoms in total. The zero-order chi connectivity index (χ0) is 42.8. The van der Waals surface area contributed by atoms with Crippen LogP contribution in [0.5, 0.6) is 0 Å². The molecule has 0 amide bonds. The number of hydrogen-bond acceptors (Lipinski definition) is 6. The second-order valence-electron chi connectivity index (χ2n) is 15.9. The first-order valence-electron chi connectivity index (χ1n) is 22.6. The summed E-state index contributed by atoms with van der Waals surface area (Å²) in [4.78, 5) is 37.0. The molecule has 0 bridgehead atoms. The summed E-state index contributed by atoms with van der Waals surface area (Å²) in [5.74, 6) is -1.60. The van der Waals surface area contributed by atoms with Crippen LogP contribution in [0.1, 0.15) is 162 Å². The molecule has 0 radical (unpaired) electrons. The van der Waals surface area contributed by atoms with Gasteiger partial charge < -0.3 is 23.8 Å². The van der Waals surface area contributed by atoms with Gasteiger partial charge in [-0.25, -0.2) is 4.79 Å². The molecule has 0 rings (SSSR count). The molecule has 0 aliphatic carbocycles. The summed E-state index contributed by atoms with van der Waals surface area (Å²) in [7, 11) is 5.49. The number of likely N-dealkylation sites (N-methyl/N-ethyl adjacent to an activating group) is 1. The van der Waals surface area contributed by atoms with Gasteiger partial charge in [0.1, 0.15) is 6.61 Å². The van der Waals surface area contributed by atoms with Gasteiger partial charge in [0, 0.05) is 19.3 Å². The first kappa shape index (κ1) is 54.5. The maximum Gasteiger partial charge on any atom is 0.362 e. The molecule has 0 aromatic carbocycles. The van der Waals surface area contributed by atoms with Crippen LogP contribution in [-0.4, -0.2) is 80.6 Å². The largest absolute Gasteiger partial charge is 0.477 e. The number of nitrogens with zero attached hydrogens (tertiary/aromatic N) is 1. The van der Waals surface area contributed by atoms with E-state index in [0.717, 1.165) is 77.0 Å². The number of carboxylic acids is 1. The summed E-state index contributed by atoms with van der Waals surface area (Å²) in [6.07, 6.45) is 52.1. The number of aliphatic carboxylic acids is 1. The van der Waals surface area contributed by atoms with Gasteiger partial charge in [0.25, 0.3) is 0 Å². The van der Waals surface area contributed by atoms with Crippen molar-refractivity contribution in [3.63, 3.8) is 0 Å². The Balaban J connectivity index is 4.48. The molecule has 330 valence electrons. The first-order valence-corrected chi connectivity index (χ1v) is 22.6. The van der Waals surface area contributed by atoms with Gasteiger partial charge in [-0.15, -0.1) is 0 Å². The number of carbonyl (C=O) groups excluding carboxylic acids is 2. The molecule has 58 heavy (non-hydrogen) atoms. The van der Waals surface area contributed by atoms with E-state index in [-0.39, 0.29) is 42.7 Å². The maximum absolute atomic E-state index is 12.7. The molecule has 8 heteroatoms. The minimum absolute atomic E-state index is 0.0269. The van der Waals surface area contributed by atoms with Crippen molar-refractivity contribution in [2.45, 2.75) is 174 Å². The fraction of sp³-hybridized carbons (Fsp3) is 0.660. The van der Waals surface area contributed by atoms with Crippen molar-refractivity contribution < 1.29 is 38.2 Å². The minimum Gasteiger partial charge on any atom is -0.477 e. The SMILES string of the molecule is CC/C=C/C/C=C/C/C=C/C/C=C/C/C=C/CCC(=O)OCC(COCCC(C(=O)O)[N+](C)(C)C)OC(=O)CCCCCCC/C=C/C=C/CCCCCCCCC. The van der Waals surface area contributed by atoms with Crippen LogP contribution in [0.4, 0.5) is 0 Å². The van der Waals surface area contributed by atoms with Crippen molar-refractivity contribution in [1.29, 1.82) is 0 Å². The van der Waals surface area contributed by atoms with Crippen LogP contribution in [0.15, 0.2) is 85.1 Å². The number of hydrogen-bond donors (Lipinski definition) is 1. The third kappa shape index (κ3) is 38.1. The first-order chi connectivity index (χ1) is 28.1. The maximum atomic E-state index is 12.7. The molecule has 0 aliphatic heterocycles. The predicted octanol–water partition coefficient (Wildman–Crippen LogP) is 12.5. The van der Waals surface area contributed by atoms with Crippen LogP contribution < -0.4 is 0 Å². The quantitative estimate of drug-likeness (QED) is 0.0217. The summed E-state index contributed by atoms with van der Waals surface area (Å²) in [6.45, 7) is 4.51. The third-order valence-corrected chi connectivity index (χ3v) is 9.57. The molecule has 0 aromatic heterocycles. The zero-order valence-electron chi connectivity index (χ0n) is 37.5. The second-order valence-corrected chi connectivity index (χ2v) is 15.9. The fourth-order valence-electron chi connectivity index (χ4n) is 6.07. The van der Waals surface area contributed by atoms with E-state index in [1.54, 1.807) is 0 Å². The van der Waals surface area contributed by atoms with Gasteiger partial charge in [0.05, 0.1) is 34.4 Å². The monoisotopic (exact) mass is 811 g/mol. The van der Waals surface area contributed by atoms with E-state index < -0.39 is 18.1 Å². The highest BCUT2D eigenvalue weighted by Gasteiger charge is 2.31. The van der Waals surface area contributed by atoms with Gasteiger partial charge in [-0.1, -0.05) is 157 Å². The number of allylic oxidation sites excluding steroid dienone is 14. The lowest BCUT2D eigenvalue weighted by atomic mass is 10.1. The van der Waals surface area contributed by atoms with Crippen LogP contribution in [0, 0.1) is 0 Å². The summed E-state index contributed by atoms with van der Waals surface area (Å²) in [5.41, 5.74) is 0. The van der Waals surface area contributed by atoms with E-state index >= 15 is 0 Å². The Morgan fingerprint density at radius 3 is 1.57 bits per heavy atom. The Kier molecular flexibility index (Phi) is 37.9. The molecule has 2 unspecified atom stereocenters. The molecular formula is C50H84NO7+. The predicted molar refractivity (Wildman–Crippen MR) is 243 cm³/mol. The molecule has 0 aromatic rings. The average Bonchev–Trinajstić information content (AvgIpc) is 3.18. The molecule has 0 saturated carbocycles. The van der Waals surface area contributed by atoms with E-state index in [1.165, 1.54) is 44.9 Å². The van der Waals surface area contributed by atoms with Crippen molar-refractivity contribution in [3.05, 3.63) is 85.1 Å². The Morgan fingerprint density at radius 1 is 0.552 bits per heavy atom. The molecule has 0 heterocycles. The van der Waals surface area contributed by atoms with E-state index in [1.807, 2.05) is 33.3 Å². The lowest BCUT2D eigenvalue weighted by molar-refractivity contribution is -0.887.